The van der Waals surface area contributed by atoms with E-state index < -0.39 is 0 Å². The molecule has 6 heteroatoms. The molecular formula is C12H14Cl2N4. The zero-order chi connectivity index (χ0) is 12.9. The standard InChI is InChI=1S/C12H14Cl2N4/c1-7(2)17-3-4-18-9(6-17)16-11-10(14)8(13)5-15-12(11)18/h5,7H,3-4,6H2,1-2H3. The molecule has 0 unspecified atom stereocenters. The van der Waals surface area contributed by atoms with E-state index in [1.54, 1.807) is 6.20 Å². The van der Waals surface area contributed by atoms with Crippen LogP contribution >= 0.6 is 23.2 Å². The first-order chi connectivity index (χ1) is 8.58. The van der Waals surface area contributed by atoms with E-state index in [-0.39, 0.29) is 0 Å². The van der Waals surface area contributed by atoms with Crippen LogP contribution in [0, 0.1) is 0 Å². The molecule has 0 fully saturated rings. The van der Waals surface area contributed by atoms with Gasteiger partial charge in [0.05, 0.1) is 16.6 Å². The van der Waals surface area contributed by atoms with Crippen molar-refractivity contribution in [2.75, 3.05) is 6.54 Å². The molecule has 0 radical (unpaired) electrons. The molecule has 0 saturated carbocycles. The second-order valence-corrected chi connectivity index (χ2v) is 5.62. The summed E-state index contributed by atoms with van der Waals surface area (Å²) in [5, 5.41) is 0.958. The number of halogens is 2. The molecule has 0 atom stereocenters. The molecule has 3 heterocycles. The van der Waals surface area contributed by atoms with Gasteiger partial charge in [0.25, 0.3) is 0 Å². The summed E-state index contributed by atoms with van der Waals surface area (Å²) in [6.07, 6.45) is 1.59. The molecule has 1 aliphatic heterocycles. The van der Waals surface area contributed by atoms with E-state index in [1.165, 1.54) is 0 Å². The summed E-state index contributed by atoms with van der Waals surface area (Å²) in [7, 11) is 0. The summed E-state index contributed by atoms with van der Waals surface area (Å²) in [5.74, 6) is 1.02. The topological polar surface area (TPSA) is 34.0 Å². The van der Waals surface area contributed by atoms with Gasteiger partial charge in [-0.25, -0.2) is 9.97 Å². The van der Waals surface area contributed by atoms with Crippen LogP contribution in [-0.4, -0.2) is 32.0 Å². The minimum absolute atomic E-state index is 0.459. The lowest BCUT2D eigenvalue weighted by atomic mass is 10.2. The Kier molecular flexibility index (Phi) is 2.96. The van der Waals surface area contributed by atoms with E-state index in [0.717, 1.165) is 31.1 Å². The van der Waals surface area contributed by atoms with Crippen molar-refractivity contribution in [3.05, 3.63) is 22.1 Å². The molecule has 0 spiro atoms. The highest BCUT2D eigenvalue weighted by molar-refractivity contribution is 6.44. The van der Waals surface area contributed by atoms with Crippen molar-refractivity contribution >= 4 is 34.4 Å². The lowest BCUT2D eigenvalue weighted by molar-refractivity contribution is 0.175. The first-order valence-electron chi connectivity index (χ1n) is 6.01. The molecule has 2 aromatic rings. The number of pyridine rings is 1. The predicted octanol–water partition coefficient (Wildman–Crippen LogP) is 2.96. The largest absolute Gasteiger partial charge is 0.310 e. The van der Waals surface area contributed by atoms with E-state index in [4.69, 9.17) is 23.2 Å². The highest BCUT2D eigenvalue weighted by Gasteiger charge is 2.23. The molecule has 96 valence electrons. The zero-order valence-electron chi connectivity index (χ0n) is 10.3. The van der Waals surface area contributed by atoms with Crippen molar-refractivity contribution < 1.29 is 0 Å². The molecule has 0 amide bonds. The molecule has 1 aliphatic rings. The normalized spacial score (nSPS) is 16.5. The van der Waals surface area contributed by atoms with Gasteiger partial charge in [0, 0.05) is 25.3 Å². The second-order valence-electron chi connectivity index (χ2n) is 4.84. The number of hydrogen-bond donors (Lipinski definition) is 0. The minimum Gasteiger partial charge on any atom is -0.310 e. The lowest BCUT2D eigenvalue weighted by Gasteiger charge is -2.30. The van der Waals surface area contributed by atoms with Gasteiger partial charge in [-0.3, -0.25) is 4.90 Å². The van der Waals surface area contributed by atoms with Gasteiger partial charge in [-0.15, -0.1) is 0 Å². The fourth-order valence-electron chi connectivity index (χ4n) is 2.34. The summed E-state index contributed by atoms with van der Waals surface area (Å²) in [6.45, 7) is 7.13. The third kappa shape index (κ3) is 1.79. The van der Waals surface area contributed by atoms with E-state index in [9.17, 15) is 0 Å². The zero-order valence-corrected chi connectivity index (χ0v) is 11.8. The molecule has 2 aromatic heterocycles. The third-order valence-corrected chi connectivity index (χ3v) is 4.19. The van der Waals surface area contributed by atoms with Crippen LogP contribution in [0.5, 0.6) is 0 Å². The van der Waals surface area contributed by atoms with Gasteiger partial charge in [0.2, 0.25) is 0 Å². The fourth-order valence-corrected chi connectivity index (χ4v) is 2.65. The fraction of sp³-hybridized carbons (Fsp3) is 0.500. The number of fused-ring (bicyclic) bond motifs is 3. The highest BCUT2D eigenvalue weighted by Crippen LogP contribution is 2.30. The number of rotatable bonds is 1. The molecule has 3 rings (SSSR count). The van der Waals surface area contributed by atoms with Gasteiger partial charge >= 0.3 is 0 Å². The maximum Gasteiger partial charge on any atom is 0.161 e. The SMILES string of the molecule is CC(C)N1CCn2c(nc3c(Cl)c(Cl)cnc32)C1. The number of hydrogen-bond acceptors (Lipinski definition) is 3. The smallest absolute Gasteiger partial charge is 0.161 e. The third-order valence-electron chi connectivity index (χ3n) is 3.42. The second kappa shape index (κ2) is 4.37. The van der Waals surface area contributed by atoms with E-state index in [0.29, 0.717) is 21.6 Å². The molecule has 4 nitrogen and oxygen atoms in total. The van der Waals surface area contributed by atoms with Gasteiger partial charge in [0.15, 0.2) is 5.65 Å². The van der Waals surface area contributed by atoms with E-state index in [2.05, 4.69) is 33.3 Å². The minimum atomic E-state index is 0.459. The Morgan fingerprint density at radius 2 is 2.06 bits per heavy atom. The van der Waals surface area contributed by atoms with Gasteiger partial charge in [0.1, 0.15) is 11.3 Å². The molecular weight excluding hydrogens is 271 g/mol. The Labute approximate surface area is 116 Å². The van der Waals surface area contributed by atoms with Crippen LogP contribution in [0.2, 0.25) is 10.0 Å². The Morgan fingerprint density at radius 3 is 2.78 bits per heavy atom. The average Bonchev–Trinajstić information content (AvgIpc) is 2.72. The first kappa shape index (κ1) is 12.2. The van der Waals surface area contributed by atoms with Crippen LogP contribution in [0.1, 0.15) is 19.7 Å². The van der Waals surface area contributed by atoms with Crippen LogP contribution in [0.4, 0.5) is 0 Å². The molecule has 18 heavy (non-hydrogen) atoms. The van der Waals surface area contributed by atoms with Crippen LogP contribution in [0.3, 0.4) is 0 Å². The van der Waals surface area contributed by atoms with Gasteiger partial charge in [-0.05, 0) is 13.8 Å². The quantitative estimate of drug-likeness (QED) is 0.807. The number of nitrogens with zero attached hydrogens (tertiary/aromatic N) is 4. The van der Waals surface area contributed by atoms with E-state index in [1.807, 2.05) is 0 Å². The molecule has 0 aliphatic carbocycles. The molecule has 0 aromatic carbocycles. The average molecular weight is 285 g/mol. The van der Waals surface area contributed by atoms with Crippen LogP contribution in [-0.2, 0) is 13.1 Å². The van der Waals surface area contributed by atoms with Gasteiger partial charge < -0.3 is 4.57 Å². The maximum absolute atomic E-state index is 6.18. The van der Waals surface area contributed by atoms with Crippen molar-refractivity contribution in [1.29, 1.82) is 0 Å². The van der Waals surface area contributed by atoms with Crippen LogP contribution in [0.15, 0.2) is 6.20 Å². The van der Waals surface area contributed by atoms with E-state index >= 15 is 0 Å². The monoisotopic (exact) mass is 284 g/mol. The van der Waals surface area contributed by atoms with Crippen molar-refractivity contribution in [1.82, 2.24) is 19.4 Å². The molecule has 0 N–H and O–H groups in total. The molecule has 0 saturated heterocycles. The van der Waals surface area contributed by atoms with Crippen molar-refractivity contribution in [2.24, 2.45) is 0 Å². The van der Waals surface area contributed by atoms with Crippen molar-refractivity contribution in [2.45, 2.75) is 33.0 Å². The summed E-state index contributed by atoms with van der Waals surface area (Å²) < 4.78 is 2.14. The van der Waals surface area contributed by atoms with Gasteiger partial charge in [-0.1, -0.05) is 23.2 Å². The Morgan fingerprint density at radius 1 is 1.28 bits per heavy atom. The summed E-state index contributed by atoms with van der Waals surface area (Å²) in [5.41, 5.74) is 1.55. The van der Waals surface area contributed by atoms with Gasteiger partial charge in [-0.2, -0.15) is 0 Å². The first-order valence-corrected chi connectivity index (χ1v) is 6.76. The van der Waals surface area contributed by atoms with Crippen molar-refractivity contribution in [3.63, 3.8) is 0 Å². The number of aromatic nitrogens is 3. The van der Waals surface area contributed by atoms with Crippen LogP contribution in [0.25, 0.3) is 11.2 Å². The molecule has 0 bridgehead atoms. The van der Waals surface area contributed by atoms with Crippen molar-refractivity contribution in [3.8, 4) is 0 Å². The Balaban J connectivity index is 2.12. The Bertz CT molecular complexity index is 606. The highest BCUT2D eigenvalue weighted by atomic mass is 35.5. The summed E-state index contributed by atoms with van der Waals surface area (Å²) in [4.78, 5) is 11.3. The number of imidazole rings is 1. The lowest BCUT2D eigenvalue weighted by Crippen LogP contribution is -2.38. The van der Waals surface area contributed by atoms with Crippen LogP contribution < -0.4 is 0 Å². The summed E-state index contributed by atoms with van der Waals surface area (Å²) >= 11 is 12.2. The maximum atomic E-state index is 6.18. The Hall–Kier alpha value is -0.840. The summed E-state index contributed by atoms with van der Waals surface area (Å²) in [6, 6.07) is 0.519. The predicted molar refractivity (Wildman–Crippen MR) is 73.1 cm³/mol.